The number of nitrogens with zero attached hydrogens (tertiary/aromatic N) is 3. The molecule has 1 saturated heterocycles. The number of hydrazone groups is 1. The monoisotopic (exact) mass is 346 g/mol. The van der Waals surface area contributed by atoms with Crippen LogP contribution in [0.4, 0.5) is 0 Å². The van der Waals surface area contributed by atoms with Crippen LogP contribution in [0.3, 0.4) is 0 Å². The molecule has 3 rings (SSSR count). The van der Waals surface area contributed by atoms with Gasteiger partial charge in [-0.15, -0.1) is 0 Å². The van der Waals surface area contributed by atoms with Crippen LogP contribution < -0.4 is 5.32 Å². The van der Waals surface area contributed by atoms with E-state index in [4.69, 9.17) is 16.7 Å². The molecule has 5 nitrogen and oxygen atoms in total. The van der Waals surface area contributed by atoms with Crippen LogP contribution >= 0.6 is 11.6 Å². The van der Waals surface area contributed by atoms with E-state index in [0.29, 0.717) is 5.02 Å². The molecule has 6 heteroatoms. The maximum absolute atomic E-state index is 9.42. The second kappa shape index (κ2) is 7.10. The van der Waals surface area contributed by atoms with Gasteiger partial charge in [0.25, 0.3) is 0 Å². The molecule has 1 aromatic carbocycles. The minimum atomic E-state index is -0.285. The van der Waals surface area contributed by atoms with E-state index >= 15 is 0 Å². The molecule has 1 fully saturated rings. The van der Waals surface area contributed by atoms with Crippen LogP contribution in [-0.4, -0.2) is 35.1 Å². The Balaban J connectivity index is 1.88. The Morgan fingerprint density at radius 1 is 1.42 bits per heavy atom. The van der Waals surface area contributed by atoms with E-state index in [1.54, 1.807) is 6.21 Å². The fourth-order valence-corrected chi connectivity index (χ4v) is 3.91. The Morgan fingerprint density at radius 2 is 2.17 bits per heavy atom. The summed E-state index contributed by atoms with van der Waals surface area (Å²) in [7, 11) is 0. The summed E-state index contributed by atoms with van der Waals surface area (Å²) < 4.78 is 0. The maximum Gasteiger partial charge on any atom is 0.119 e. The number of unbranched alkanes of at least 4 members (excludes halogenated alkanes) is 1. The summed E-state index contributed by atoms with van der Waals surface area (Å²) in [4.78, 5) is 0. The summed E-state index contributed by atoms with van der Waals surface area (Å²) in [6.45, 7) is 2.40. The lowest BCUT2D eigenvalue weighted by Crippen LogP contribution is -2.62. The molecule has 0 saturated carbocycles. The van der Waals surface area contributed by atoms with Gasteiger partial charge in [-0.1, -0.05) is 23.7 Å². The van der Waals surface area contributed by atoms with E-state index in [9.17, 15) is 5.26 Å². The molecule has 0 aromatic heterocycles. The van der Waals surface area contributed by atoms with Crippen LogP contribution in [-0.2, 0) is 5.54 Å². The van der Waals surface area contributed by atoms with Crippen molar-refractivity contribution in [3.63, 3.8) is 0 Å². The van der Waals surface area contributed by atoms with Crippen molar-refractivity contribution in [2.45, 2.75) is 50.4 Å². The van der Waals surface area contributed by atoms with Gasteiger partial charge in [0.15, 0.2) is 0 Å². The van der Waals surface area contributed by atoms with E-state index < -0.39 is 0 Å². The molecule has 2 aliphatic heterocycles. The summed E-state index contributed by atoms with van der Waals surface area (Å²) in [6.07, 6.45) is 5.28. The Morgan fingerprint density at radius 3 is 2.83 bits per heavy atom. The molecular weight excluding hydrogens is 324 g/mol. The lowest BCUT2D eigenvalue weighted by molar-refractivity contribution is -0.0165. The summed E-state index contributed by atoms with van der Waals surface area (Å²) in [5, 5.41) is 29.3. The molecule has 2 N–H and O–H groups in total. The number of aliphatic hydroxyl groups excluding tert-OH is 1. The first-order chi connectivity index (χ1) is 11.6. The number of aliphatic hydroxyl groups is 1. The maximum atomic E-state index is 9.42. The normalized spacial score (nSPS) is 31.8. The first-order valence-corrected chi connectivity index (χ1v) is 8.82. The molecule has 0 spiro atoms. The average Bonchev–Trinajstić information content (AvgIpc) is 2.99. The smallest absolute Gasteiger partial charge is 0.119 e. The molecule has 4 unspecified atom stereocenters. The molecule has 1 aromatic rings. The number of hydrogen-bond acceptors (Lipinski definition) is 5. The van der Waals surface area contributed by atoms with E-state index in [2.05, 4.69) is 23.4 Å². The molecule has 0 aliphatic carbocycles. The van der Waals surface area contributed by atoms with Gasteiger partial charge in [-0.2, -0.15) is 10.4 Å². The highest BCUT2D eigenvalue weighted by Gasteiger charge is 2.48. The summed E-state index contributed by atoms with van der Waals surface area (Å²) in [5.74, 6) is -0.253. The van der Waals surface area contributed by atoms with Crippen molar-refractivity contribution in [2.24, 2.45) is 11.0 Å². The average molecular weight is 347 g/mol. The van der Waals surface area contributed by atoms with Crippen LogP contribution in [0.15, 0.2) is 29.4 Å². The minimum Gasteiger partial charge on any atom is -0.396 e. The van der Waals surface area contributed by atoms with Gasteiger partial charge < -0.3 is 5.11 Å². The zero-order valence-electron chi connectivity index (χ0n) is 13.8. The number of rotatable bonds is 5. The summed E-state index contributed by atoms with van der Waals surface area (Å²) >= 11 is 6.04. The predicted octanol–water partition coefficient (Wildman–Crippen LogP) is 2.85. The number of nitrogens with one attached hydrogen (secondary N) is 1. The van der Waals surface area contributed by atoms with E-state index in [0.717, 1.165) is 31.2 Å². The van der Waals surface area contributed by atoms with Gasteiger partial charge >= 0.3 is 0 Å². The summed E-state index contributed by atoms with van der Waals surface area (Å²) in [5.41, 5.74) is 0.869. The van der Waals surface area contributed by atoms with Gasteiger partial charge in [-0.3, -0.25) is 10.3 Å². The standard InChI is InChI=1S/C18H23ClN4O/c1-18(14-5-7-15(19)8-6-14)10-16(4-2-3-9-24)22-17-13(11-20)12-21-23(17)18/h5-8,12-13,16-17,22,24H,2-4,9-10H2,1H3. The Kier molecular flexibility index (Phi) is 5.09. The van der Waals surface area contributed by atoms with Crippen molar-refractivity contribution in [2.75, 3.05) is 6.61 Å². The first-order valence-electron chi connectivity index (χ1n) is 8.44. The van der Waals surface area contributed by atoms with E-state index in [-0.39, 0.29) is 30.3 Å². The van der Waals surface area contributed by atoms with Gasteiger partial charge in [0, 0.05) is 23.9 Å². The van der Waals surface area contributed by atoms with Crippen LogP contribution in [0.1, 0.15) is 38.2 Å². The number of nitriles is 1. The van der Waals surface area contributed by atoms with Crippen LogP contribution in [0, 0.1) is 17.2 Å². The summed E-state index contributed by atoms with van der Waals surface area (Å²) in [6, 6.07) is 10.5. The van der Waals surface area contributed by atoms with Crippen LogP contribution in [0.25, 0.3) is 0 Å². The Labute approximate surface area is 147 Å². The fourth-order valence-electron chi connectivity index (χ4n) is 3.78. The zero-order chi connectivity index (χ0) is 17.2. The lowest BCUT2D eigenvalue weighted by atomic mass is 9.80. The Bertz CT molecular complexity index is 641. The van der Waals surface area contributed by atoms with Crippen LogP contribution in [0.2, 0.25) is 5.02 Å². The molecule has 2 heterocycles. The van der Waals surface area contributed by atoms with Crippen molar-refractivity contribution in [3.05, 3.63) is 34.9 Å². The SMILES string of the molecule is CC1(c2ccc(Cl)cc2)CC(CCCCO)NC2C(C#N)C=NN21. The second-order valence-electron chi connectivity index (χ2n) is 6.78. The van der Waals surface area contributed by atoms with Gasteiger partial charge in [0.1, 0.15) is 12.1 Å². The first kappa shape index (κ1) is 17.2. The largest absolute Gasteiger partial charge is 0.396 e. The van der Waals surface area contributed by atoms with E-state index in [1.165, 1.54) is 0 Å². The predicted molar refractivity (Wildman–Crippen MR) is 94.5 cm³/mol. The highest BCUT2D eigenvalue weighted by atomic mass is 35.5. The quantitative estimate of drug-likeness (QED) is 0.804. The molecule has 4 atom stereocenters. The molecule has 2 aliphatic rings. The molecule has 0 bridgehead atoms. The number of halogens is 1. The highest BCUT2D eigenvalue weighted by molar-refractivity contribution is 6.30. The molecule has 0 radical (unpaired) electrons. The number of benzene rings is 1. The van der Waals surface area contributed by atoms with Gasteiger partial charge in [0.2, 0.25) is 0 Å². The molecule has 128 valence electrons. The Hall–Kier alpha value is -1.61. The lowest BCUT2D eigenvalue weighted by Gasteiger charge is -2.50. The third kappa shape index (κ3) is 3.14. The third-order valence-corrected chi connectivity index (χ3v) is 5.34. The number of hydrogen-bond donors (Lipinski definition) is 2. The zero-order valence-corrected chi connectivity index (χ0v) is 14.6. The van der Waals surface area contributed by atoms with Gasteiger partial charge in [0.05, 0.1) is 11.6 Å². The van der Waals surface area contributed by atoms with E-state index in [1.807, 2.05) is 29.3 Å². The topological polar surface area (TPSA) is 71.6 Å². The van der Waals surface area contributed by atoms with Gasteiger partial charge in [-0.25, -0.2) is 0 Å². The highest BCUT2D eigenvalue weighted by Crippen LogP contribution is 2.42. The number of fused-ring (bicyclic) bond motifs is 1. The third-order valence-electron chi connectivity index (χ3n) is 5.09. The van der Waals surface area contributed by atoms with Gasteiger partial charge in [-0.05, 0) is 50.3 Å². The molecule has 24 heavy (non-hydrogen) atoms. The second-order valence-corrected chi connectivity index (χ2v) is 7.21. The van der Waals surface area contributed by atoms with Crippen molar-refractivity contribution >= 4 is 17.8 Å². The van der Waals surface area contributed by atoms with Crippen molar-refractivity contribution in [1.29, 1.82) is 5.26 Å². The minimum absolute atomic E-state index is 0.108. The van der Waals surface area contributed by atoms with Crippen LogP contribution in [0.5, 0.6) is 0 Å². The molecular formula is C18H23ClN4O. The molecule has 0 amide bonds. The van der Waals surface area contributed by atoms with Crippen molar-refractivity contribution in [1.82, 2.24) is 10.3 Å². The van der Waals surface area contributed by atoms with Crippen molar-refractivity contribution in [3.8, 4) is 6.07 Å². The van der Waals surface area contributed by atoms with Crippen molar-refractivity contribution < 1.29 is 5.11 Å². The fraction of sp³-hybridized carbons (Fsp3) is 0.556.